The van der Waals surface area contributed by atoms with Crippen LogP contribution in [-0.4, -0.2) is 71.7 Å². The lowest BCUT2D eigenvalue weighted by Crippen LogP contribution is -2.54. The van der Waals surface area contributed by atoms with Crippen LogP contribution < -0.4 is 20.1 Å². The summed E-state index contributed by atoms with van der Waals surface area (Å²) in [6, 6.07) is 20.3. The number of rotatable bonds is 10. The highest BCUT2D eigenvalue weighted by molar-refractivity contribution is 6.23. The maximum Gasteiger partial charge on any atom is 0.268 e. The molecular formula is C38H34N8O6. The molecule has 3 aromatic carbocycles. The van der Waals surface area contributed by atoms with Crippen LogP contribution in [0.25, 0.3) is 5.95 Å². The number of hydrogen-bond donors (Lipinski definition) is 2. The zero-order valence-electron chi connectivity index (χ0n) is 28.4. The van der Waals surface area contributed by atoms with Crippen molar-refractivity contribution in [1.29, 1.82) is 0 Å². The lowest BCUT2D eigenvalue weighted by molar-refractivity contribution is -0.136. The second-order valence-electron chi connectivity index (χ2n) is 13.6. The van der Waals surface area contributed by atoms with Crippen molar-refractivity contribution in [3.63, 3.8) is 0 Å². The second kappa shape index (κ2) is 13.0. The Kier molecular flexibility index (Phi) is 8.20. The molecule has 2 N–H and O–H groups in total. The van der Waals surface area contributed by atoms with E-state index >= 15 is 0 Å². The second-order valence-corrected chi connectivity index (χ2v) is 13.6. The number of anilines is 1. The molecule has 1 atom stereocenters. The summed E-state index contributed by atoms with van der Waals surface area (Å²) in [5.74, 6) is 0.246. The fourth-order valence-electron chi connectivity index (χ4n) is 6.75. The number of nitrogens with zero attached hydrogens (tertiary/aromatic N) is 6. The third-order valence-electron chi connectivity index (χ3n) is 9.81. The standard InChI is InChI=1S/C38H34N8O6/c1-38(2,23-5-10-27(11-6-23)52-29-20-39-37(40-21-29)46-41-15-16-42-46)22-3-8-26(9-4-22)51-28-17-25(18-28)43-24-7-12-30-31(19-24)36(50)45(35(30)49)32-13-14-33(47)44-34(32)48/h3-12,15-16,19-21,25,28,32,43H,13-14,17-18H2,1-2H3,(H,44,47,48)/t25-,28-,32?. The number of carbonyl (C=O) groups excluding carboxylic acids is 4. The Morgan fingerprint density at radius 1 is 0.788 bits per heavy atom. The van der Waals surface area contributed by atoms with E-state index in [1.165, 1.54) is 4.80 Å². The molecule has 2 aliphatic heterocycles. The van der Waals surface area contributed by atoms with Gasteiger partial charge in [0.25, 0.3) is 17.8 Å². The van der Waals surface area contributed by atoms with E-state index in [2.05, 4.69) is 56.8 Å². The van der Waals surface area contributed by atoms with Crippen LogP contribution in [0.15, 0.2) is 91.5 Å². The first kappa shape index (κ1) is 32.7. The molecule has 1 aliphatic carbocycles. The van der Waals surface area contributed by atoms with E-state index in [0.29, 0.717) is 23.1 Å². The zero-order valence-corrected chi connectivity index (χ0v) is 28.4. The summed E-state index contributed by atoms with van der Waals surface area (Å²) < 4.78 is 12.2. The van der Waals surface area contributed by atoms with E-state index in [4.69, 9.17) is 9.47 Å². The molecule has 5 aromatic rings. The topological polar surface area (TPSA) is 171 Å². The third-order valence-corrected chi connectivity index (χ3v) is 9.81. The van der Waals surface area contributed by atoms with E-state index < -0.39 is 29.7 Å². The number of carbonyl (C=O) groups is 4. The smallest absolute Gasteiger partial charge is 0.268 e. The summed E-state index contributed by atoms with van der Waals surface area (Å²) in [5.41, 5.74) is 3.21. The van der Waals surface area contributed by atoms with Gasteiger partial charge in [-0.3, -0.25) is 29.4 Å². The summed E-state index contributed by atoms with van der Waals surface area (Å²) in [7, 11) is 0. The number of piperidine rings is 1. The first-order valence-corrected chi connectivity index (χ1v) is 17.0. The molecule has 0 radical (unpaired) electrons. The van der Waals surface area contributed by atoms with E-state index in [1.807, 2.05) is 36.4 Å². The molecule has 262 valence electrons. The van der Waals surface area contributed by atoms with Crippen molar-refractivity contribution in [1.82, 2.24) is 35.2 Å². The Bertz CT molecular complexity index is 2160. The zero-order chi connectivity index (χ0) is 36.0. The summed E-state index contributed by atoms with van der Waals surface area (Å²) in [5, 5.41) is 13.7. The van der Waals surface area contributed by atoms with E-state index in [9.17, 15) is 19.2 Å². The number of nitrogens with one attached hydrogen (secondary N) is 2. The number of benzene rings is 3. The van der Waals surface area contributed by atoms with Crippen molar-refractivity contribution >= 4 is 29.3 Å². The molecular weight excluding hydrogens is 664 g/mol. The van der Waals surface area contributed by atoms with Crippen LogP contribution in [0.3, 0.4) is 0 Å². The number of hydrogen-bond acceptors (Lipinski definition) is 11. The van der Waals surface area contributed by atoms with Gasteiger partial charge in [-0.15, -0.1) is 4.80 Å². The van der Waals surface area contributed by atoms with Gasteiger partial charge in [-0.05, 0) is 60.0 Å². The highest BCUT2D eigenvalue weighted by Gasteiger charge is 2.45. The molecule has 8 rings (SSSR count). The van der Waals surface area contributed by atoms with Gasteiger partial charge in [-0.1, -0.05) is 38.1 Å². The van der Waals surface area contributed by atoms with Crippen LogP contribution in [0.1, 0.15) is 71.4 Å². The molecule has 2 aromatic heterocycles. The van der Waals surface area contributed by atoms with Crippen molar-refractivity contribution in [2.45, 2.75) is 63.1 Å². The number of aromatic nitrogens is 5. The van der Waals surface area contributed by atoms with E-state index in [1.54, 1.807) is 43.0 Å². The van der Waals surface area contributed by atoms with Gasteiger partial charge >= 0.3 is 0 Å². The van der Waals surface area contributed by atoms with E-state index in [0.717, 1.165) is 34.6 Å². The summed E-state index contributed by atoms with van der Waals surface area (Å²) in [4.78, 5) is 60.9. The lowest BCUT2D eigenvalue weighted by Gasteiger charge is -2.36. The maximum atomic E-state index is 13.2. The van der Waals surface area contributed by atoms with Gasteiger partial charge in [0.05, 0.1) is 35.9 Å². The average molecular weight is 699 g/mol. The molecule has 2 fully saturated rings. The number of amides is 4. The van der Waals surface area contributed by atoms with Crippen LogP contribution >= 0.6 is 0 Å². The Morgan fingerprint density at radius 3 is 2.08 bits per heavy atom. The van der Waals surface area contributed by atoms with E-state index in [-0.39, 0.29) is 41.5 Å². The molecule has 0 spiro atoms. The first-order valence-electron chi connectivity index (χ1n) is 17.0. The van der Waals surface area contributed by atoms with Gasteiger partial charge in [0.15, 0.2) is 5.75 Å². The fourth-order valence-corrected chi connectivity index (χ4v) is 6.75. The predicted molar refractivity (Wildman–Crippen MR) is 186 cm³/mol. The third kappa shape index (κ3) is 6.23. The highest BCUT2D eigenvalue weighted by Crippen LogP contribution is 2.36. The molecule has 4 heterocycles. The fraction of sp³-hybridized carbons (Fsp3) is 0.263. The van der Waals surface area contributed by atoms with Gasteiger partial charge in [-0.2, -0.15) is 10.2 Å². The molecule has 1 saturated carbocycles. The molecule has 14 heteroatoms. The summed E-state index contributed by atoms with van der Waals surface area (Å²) in [6.45, 7) is 4.34. The molecule has 4 amide bonds. The molecule has 3 aliphatic rings. The summed E-state index contributed by atoms with van der Waals surface area (Å²) >= 11 is 0. The quantitative estimate of drug-likeness (QED) is 0.196. The Balaban J connectivity index is 0.831. The number of fused-ring (bicyclic) bond motifs is 1. The van der Waals surface area contributed by atoms with Gasteiger partial charge in [0, 0.05) is 36.4 Å². The van der Waals surface area contributed by atoms with Crippen molar-refractivity contribution in [3.05, 3.63) is 114 Å². The number of ether oxygens (including phenoxy) is 2. The molecule has 14 nitrogen and oxygen atoms in total. The van der Waals surface area contributed by atoms with Gasteiger partial charge < -0.3 is 14.8 Å². The minimum absolute atomic E-state index is 0.0355. The normalized spacial score (nSPS) is 19.9. The Hall–Kier alpha value is -6.44. The van der Waals surface area contributed by atoms with Crippen molar-refractivity contribution in [2.75, 3.05) is 5.32 Å². The molecule has 52 heavy (non-hydrogen) atoms. The van der Waals surface area contributed by atoms with Crippen LogP contribution in [0.2, 0.25) is 0 Å². The molecule has 1 saturated heterocycles. The highest BCUT2D eigenvalue weighted by atomic mass is 16.5. The SMILES string of the molecule is CC(C)(c1ccc(Oc2cnc(-n3nccn3)nc2)cc1)c1ccc(O[C@H]2C[C@H](Nc3ccc4c(c3)C(=O)N(C3CCC(=O)NC3=O)C4=O)C2)cc1. The first-order chi connectivity index (χ1) is 25.1. The monoisotopic (exact) mass is 698 g/mol. The van der Waals surface area contributed by atoms with Crippen LogP contribution in [0.5, 0.6) is 17.2 Å². The van der Waals surface area contributed by atoms with Gasteiger partial charge in [0.2, 0.25) is 11.8 Å². The summed E-state index contributed by atoms with van der Waals surface area (Å²) in [6.07, 6.45) is 8.05. The predicted octanol–water partition coefficient (Wildman–Crippen LogP) is 4.60. The van der Waals surface area contributed by atoms with Crippen LogP contribution in [-0.2, 0) is 15.0 Å². The van der Waals surface area contributed by atoms with Crippen LogP contribution in [0, 0.1) is 0 Å². The minimum atomic E-state index is -0.989. The Labute approximate surface area is 298 Å². The molecule has 0 bridgehead atoms. The number of imide groups is 2. The van der Waals surface area contributed by atoms with Gasteiger partial charge in [-0.25, -0.2) is 9.97 Å². The average Bonchev–Trinajstić information content (AvgIpc) is 3.75. The van der Waals surface area contributed by atoms with Gasteiger partial charge in [0.1, 0.15) is 23.6 Å². The van der Waals surface area contributed by atoms with Crippen molar-refractivity contribution < 1.29 is 28.7 Å². The minimum Gasteiger partial charge on any atom is -0.490 e. The maximum absolute atomic E-state index is 13.2. The Morgan fingerprint density at radius 2 is 1.42 bits per heavy atom. The molecule has 1 unspecified atom stereocenters. The lowest BCUT2D eigenvalue weighted by atomic mass is 9.78. The van der Waals surface area contributed by atoms with Crippen LogP contribution in [0.4, 0.5) is 5.69 Å². The van der Waals surface area contributed by atoms with Crippen molar-refractivity contribution in [3.8, 4) is 23.2 Å². The van der Waals surface area contributed by atoms with Crippen molar-refractivity contribution in [2.24, 2.45) is 0 Å². The largest absolute Gasteiger partial charge is 0.490 e.